The first-order valence-corrected chi connectivity index (χ1v) is 10.9. The lowest BCUT2D eigenvalue weighted by atomic mass is 9.98. The molecule has 3 atom stereocenters. The van der Waals surface area contributed by atoms with Gasteiger partial charge in [0.2, 0.25) is 0 Å². The summed E-state index contributed by atoms with van der Waals surface area (Å²) in [5, 5.41) is 23.2. The number of hydrogen-bond acceptors (Lipinski definition) is 6. The second-order valence-electron chi connectivity index (χ2n) is 8.07. The zero-order valence-corrected chi connectivity index (χ0v) is 17.9. The fraction of sp³-hybridized carbons (Fsp3) is 0.375. The van der Waals surface area contributed by atoms with Crippen molar-refractivity contribution in [1.29, 1.82) is 0 Å². The van der Waals surface area contributed by atoms with Crippen LogP contribution in [0, 0.1) is 0 Å². The third-order valence-electron chi connectivity index (χ3n) is 6.03. The summed E-state index contributed by atoms with van der Waals surface area (Å²) in [6, 6.07) is 14.1. The zero-order chi connectivity index (χ0) is 23.4. The number of carbonyl (C=O) groups is 3. The number of carboxylic acids is 1. The molecule has 174 valence electrons. The quantitative estimate of drug-likeness (QED) is 0.476. The van der Waals surface area contributed by atoms with Crippen molar-refractivity contribution in [3.8, 4) is 11.1 Å². The van der Waals surface area contributed by atoms with Crippen molar-refractivity contribution in [2.75, 3.05) is 19.8 Å². The topological polar surface area (TPSA) is 134 Å². The molecule has 0 aromatic heterocycles. The molecule has 1 heterocycles. The highest BCUT2D eigenvalue weighted by molar-refractivity contribution is 5.87. The summed E-state index contributed by atoms with van der Waals surface area (Å²) >= 11 is 0. The van der Waals surface area contributed by atoms with Crippen LogP contribution in [-0.2, 0) is 19.1 Å². The molecule has 2 aliphatic rings. The average Bonchev–Trinajstić information content (AvgIpc) is 3.40. The highest BCUT2D eigenvalue weighted by Gasteiger charge is 2.37. The number of ether oxygens (including phenoxy) is 2. The minimum atomic E-state index is -1.25. The number of nitrogens with one attached hydrogen (secondary N) is 2. The summed E-state index contributed by atoms with van der Waals surface area (Å²) in [4.78, 5) is 36.3. The van der Waals surface area contributed by atoms with Gasteiger partial charge in [-0.1, -0.05) is 48.5 Å². The molecule has 1 fully saturated rings. The van der Waals surface area contributed by atoms with Gasteiger partial charge in [0.25, 0.3) is 5.91 Å². The van der Waals surface area contributed by atoms with Gasteiger partial charge in [-0.2, -0.15) is 0 Å². The Morgan fingerprint density at radius 1 is 1.06 bits per heavy atom. The highest BCUT2D eigenvalue weighted by atomic mass is 16.6. The number of benzene rings is 2. The number of fused-ring (bicyclic) bond motifs is 3. The lowest BCUT2D eigenvalue weighted by molar-refractivity contribution is -0.144. The van der Waals surface area contributed by atoms with Crippen molar-refractivity contribution in [2.24, 2.45) is 0 Å². The van der Waals surface area contributed by atoms with Gasteiger partial charge < -0.3 is 30.3 Å². The van der Waals surface area contributed by atoms with E-state index in [4.69, 9.17) is 19.7 Å². The summed E-state index contributed by atoms with van der Waals surface area (Å²) in [7, 11) is 0. The minimum Gasteiger partial charge on any atom is -0.480 e. The third kappa shape index (κ3) is 4.84. The van der Waals surface area contributed by atoms with Gasteiger partial charge in [0.1, 0.15) is 12.6 Å². The second kappa shape index (κ2) is 10.0. The number of aliphatic hydroxyl groups is 1. The minimum absolute atomic E-state index is 0.0862. The maximum atomic E-state index is 12.5. The van der Waals surface area contributed by atoms with Crippen LogP contribution in [0.25, 0.3) is 11.1 Å². The fourth-order valence-electron chi connectivity index (χ4n) is 4.43. The lowest BCUT2D eigenvalue weighted by Crippen LogP contribution is -2.52. The zero-order valence-electron chi connectivity index (χ0n) is 17.9. The van der Waals surface area contributed by atoms with Gasteiger partial charge in [0, 0.05) is 25.6 Å². The predicted octanol–water partition coefficient (Wildman–Crippen LogP) is 1.63. The molecule has 4 rings (SSSR count). The normalized spacial score (nSPS) is 19.9. The van der Waals surface area contributed by atoms with Crippen LogP contribution >= 0.6 is 0 Å². The van der Waals surface area contributed by atoms with Gasteiger partial charge in [0.05, 0.1) is 6.04 Å². The first-order chi connectivity index (χ1) is 16.0. The van der Waals surface area contributed by atoms with Crippen LogP contribution in [0.15, 0.2) is 48.5 Å². The summed E-state index contributed by atoms with van der Waals surface area (Å²) in [6.07, 6.45) is -1.44. The first-order valence-electron chi connectivity index (χ1n) is 10.9. The number of hydrogen-bond donors (Lipinski definition) is 4. The van der Waals surface area contributed by atoms with Gasteiger partial charge in [-0.3, -0.25) is 4.79 Å². The van der Waals surface area contributed by atoms with Gasteiger partial charge in [-0.05, 0) is 28.7 Å². The number of carbonyl (C=O) groups excluding carboxylic acids is 2. The van der Waals surface area contributed by atoms with Crippen LogP contribution in [-0.4, -0.2) is 66.2 Å². The molecular formula is C24H26N2O7. The van der Waals surface area contributed by atoms with Gasteiger partial charge in [-0.25, -0.2) is 9.59 Å². The average molecular weight is 454 g/mol. The number of aliphatic carboxylic acids is 1. The number of amides is 2. The highest BCUT2D eigenvalue weighted by Crippen LogP contribution is 2.44. The number of carboxylic acid groups (broad SMARTS) is 1. The van der Waals surface area contributed by atoms with Crippen LogP contribution in [0.4, 0.5) is 4.79 Å². The van der Waals surface area contributed by atoms with E-state index in [1.165, 1.54) is 0 Å². The Bertz CT molecular complexity index is 995. The van der Waals surface area contributed by atoms with E-state index in [1.807, 2.05) is 36.4 Å². The van der Waals surface area contributed by atoms with E-state index in [2.05, 4.69) is 22.8 Å². The molecule has 2 aromatic rings. The van der Waals surface area contributed by atoms with E-state index in [-0.39, 0.29) is 32.2 Å². The Labute approximate surface area is 190 Å². The molecular weight excluding hydrogens is 428 g/mol. The van der Waals surface area contributed by atoms with Crippen molar-refractivity contribution in [3.05, 3.63) is 59.7 Å². The van der Waals surface area contributed by atoms with E-state index in [0.29, 0.717) is 6.42 Å². The van der Waals surface area contributed by atoms with E-state index >= 15 is 0 Å². The van der Waals surface area contributed by atoms with Crippen molar-refractivity contribution in [2.45, 2.75) is 36.9 Å². The SMILES string of the molecule is O=C(NC1CCOC1C(=O)NC(CCO)C(=O)O)OCC1c2ccccc2-c2ccccc21. The van der Waals surface area contributed by atoms with E-state index in [9.17, 15) is 14.4 Å². The number of aliphatic hydroxyl groups excluding tert-OH is 1. The van der Waals surface area contributed by atoms with E-state index < -0.39 is 36.2 Å². The molecule has 0 spiro atoms. The van der Waals surface area contributed by atoms with Gasteiger partial charge in [-0.15, -0.1) is 0 Å². The number of alkyl carbamates (subject to hydrolysis) is 1. The molecule has 9 heteroatoms. The first kappa shape index (κ1) is 22.8. The molecule has 1 aliphatic carbocycles. The van der Waals surface area contributed by atoms with Gasteiger partial charge >= 0.3 is 12.1 Å². The molecule has 2 amide bonds. The van der Waals surface area contributed by atoms with Gasteiger partial charge in [0.15, 0.2) is 6.10 Å². The second-order valence-corrected chi connectivity index (χ2v) is 8.07. The fourth-order valence-corrected chi connectivity index (χ4v) is 4.43. The lowest BCUT2D eigenvalue weighted by Gasteiger charge is -2.22. The van der Waals surface area contributed by atoms with Crippen LogP contribution < -0.4 is 10.6 Å². The molecule has 0 saturated carbocycles. The Balaban J connectivity index is 1.36. The molecule has 1 saturated heterocycles. The van der Waals surface area contributed by atoms with Crippen molar-refractivity contribution in [1.82, 2.24) is 10.6 Å². The summed E-state index contributed by atoms with van der Waals surface area (Å²) in [5.74, 6) is -1.99. The third-order valence-corrected chi connectivity index (χ3v) is 6.03. The Hall–Kier alpha value is -3.43. The molecule has 4 N–H and O–H groups in total. The molecule has 33 heavy (non-hydrogen) atoms. The van der Waals surface area contributed by atoms with Crippen LogP contribution in [0.2, 0.25) is 0 Å². The monoisotopic (exact) mass is 454 g/mol. The molecule has 0 radical (unpaired) electrons. The predicted molar refractivity (Wildman–Crippen MR) is 118 cm³/mol. The Morgan fingerprint density at radius 2 is 1.70 bits per heavy atom. The molecule has 3 unspecified atom stereocenters. The standard InChI is InChI=1S/C24H26N2O7/c27-11-9-20(23(29)30)25-22(28)21-19(10-12-32-21)26-24(31)33-13-18-16-7-3-1-5-14(16)15-6-2-4-8-17(15)18/h1-8,18-21,27H,9-13H2,(H,25,28)(H,26,31)(H,29,30). The smallest absolute Gasteiger partial charge is 0.407 e. The van der Waals surface area contributed by atoms with Crippen LogP contribution in [0.1, 0.15) is 29.9 Å². The maximum absolute atomic E-state index is 12.5. The molecule has 9 nitrogen and oxygen atoms in total. The molecule has 1 aliphatic heterocycles. The van der Waals surface area contributed by atoms with Crippen molar-refractivity contribution < 1.29 is 34.1 Å². The van der Waals surface area contributed by atoms with E-state index in [1.54, 1.807) is 0 Å². The Morgan fingerprint density at radius 3 is 2.30 bits per heavy atom. The Kier molecular flexibility index (Phi) is 6.90. The van der Waals surface area contributed by atoms with Crippen LogP contribution in [0.5, 0.6) is 0 Å². The molecule has 2 aromatic carbocycles. The van der Waals surface area contributed by atoms with E-state index in [0.717, 1.165) is 22.3 Å². The summed E-state index contributed by atoms with van der Waals surface area (Å²) in [6.45, 7) is -0.00374. The summed E-state index contributed by atoms with van der Waals surface area (Å²) < 4.78 is 10.9. The molecule has 0 bridgehead atoms. The largest absolute Gasteiger partial charge is 0.480 e. The van der Waals surface area contributed by atoms with Crippen molar-refractivity contribution >= 4 is 18.0 Å². The summed E-state index contributed by atoms with van der Waals surface area (Å²) in [5.41, 5.74) is 4.44. The maximum Gasteiger partial charge on any atom is 0.407 e. The van der Waals surface area contributed by atoms with Crippen LogP contribution in [0.3, 0.4) is 0 Å². The number of rotatable bonds is 8. The van der Waals surface area contributed by atoms with Crippen molar-refractivity contribution in [3.63, 3.8) is 0 Å².